The monoisotopic (exact) mass is 781 g/mol. The van der Waals surface area contributed by atoms with Crippen LogP contribution in [0.4, 0.5) is 10.1 Å². The van der Waals surface area contributed by atoms with Crippen molar-refractivity contribution in [3.8, 4) is 11.5 Å². The maximum absolute atomic E-state index is 15.4. The van der Waals surface area contributed by atoms with Crippen molar-refractivity contribution in [2.24, 2.45) is 23.7 Å². The van der Waals surface area contributed by atoms with E-state index in [2.05, 4.69) is 5.43 Å². The average Bonchev–Trinajstić information content (AvgIpc) is 3.59. The van der Waals surface area contributed by atoms with E-state index in [1.54, 1.807) is 36.4 Å². The van der Waals surface area contributed by atoms with Crippen LogP contribution in [-0.4, -0.2) is 38.6 Å². The van der Waals surface area contributed by atoms with E-state index in [1.165, 1.54) is 35.2 Å². The number of ether oxygens (including phenoxy) is 1. The Morgan fingerprint density at radius 3 is 2.16 bits per heavy atom. The number of allylic oxidation sites excluding steroid dienone is 2. The summed E-state index contributed by atoms with van der Waals surface area (Å²) in [5, 5.41) is 13.4. The Bertz CT molecular complexity index is 2430. The third kappa shape index (κ3) is 6.06. The van der Waals surface area contributed by atoms with Gasteiger partial charge in [0.15, 0.2) is 0 Å². The highest BCUT2D eigenvalue weighted by Gasteiger charge is 2.70. The summed E-state index contributed by atoms with van der Waals surface area (Å²) in [6.45, 7) is 0.371. The molecule has 9 rings (SSSR count). The number of fused-ring (bicyclic) bond motifs is 4. The van der Waals surface area contributed by atoms with Gasteiger partial charge in [0.05, 0.1) is 35.4 Å². The maximum Gasteiger partial charge on any atom is 0.260 e. The average molecular weight is 782 g/mol. The summed E-state index contributed by atoms with van der Waals surface area (Å²) in [4.78, 5) is 60.1. The molecule has 9 nitrogen and oxygen atoms in total. The van der Waals surface area contributed by atoms with Crippen LogP contribution in [0.1, 0.15) is 41.0 Å². The third-order valence-corrected chi connectivity index (χ3v) is 12.3. The Kier molecular flexibility index (Phi) is 9.16. The van der Waals surface area contributed by atoms with Gasteiger partial charge >= 0.3 is 0 Å². The molecular formula is C46H37ClFN3O6. The highest BCUT2D eigenvalue weighted by atomic mass is 35.5. The number of nitrogens with one attached hydrogen (secondary N) is 1. The number of amides is 4. The lowest BCUT2D eigenvalue weighted by molar-refractivity contribution is -0.142. The molecule has 4 aliphatic rings. The number of phenolic OH excluding ortho intramolecular Hbond substituents is 1. The molecule has 2 heterocycles. The molecule has 11 heteroatoms. The van der Waals surface area contributed by atoms with Gasteiger partial charge < -0.3 is 9.84 Å². The first-order valence-corrected chi connectivity index (χ1v) is 19.3. The zero-order chi connectivity index (χ0) is 39.4. The number of nitrogens with zero attached hydrogens (tertiary/aromatic N) is 2. The van der Waals surface area contributed by atoms with Crippen LogP contribution in [0.5, 0.6) is 11.5 Å². The summed E-state index contributed by atoms with van der Waals surface area (Å²) in [6, 6.07) is 35.9. The van der Waals surface area contributed by atoms with E-state index in [1.807, 2.05) is 66.7 Å². The van der Waals surface area contributed by atoms with Gasteiger partial charge in [-0.3, -0.25) is 29.5 Å². The van der Waals surface area contributed by atoms with Crippen LogP contribution in [0.15, 0.2) is 139 Å². The number of carbonyl (C=O) groups excluding carboxylic acids is 4. The molecule has 0 spiro atoms. The van der Waals surface area contributed by atoms with Gasteiger partial charge in [0.25, 0.3) is 11.8 Å². The fraction of sp³-hybridized carbons (Fsp3) is 0.217. The summed E-state index contributed by atoms with van der Waals surface area (Å²) in [7, 11) is 0. The van der Waals surface area contributed by atoms with Crippen molar-refractivity contribution >= 4 is 40.9 Å². The molecule has 0 radical (unpaired) electrons. The van der Waals surface area contributed by atoms with Gasteiger partial charge in [0.2, 0.25) is 11.8 Å². The minimum atomic E-state index is -1.64. The van der Waals surface area contributed by atoms with E-state index in [-0.39, 0.29) is 43.6 Å². The van der Waals surface area contributed by atoms with Crippen LogP contribution in [0.3, 0.4) is 0 Å². The zero-order valence-corrected chi connectivity index (χ0v) is 31.3. The van der Waals surface area contributed by atoms with Crippen LogP contribution in [0.2, 0.25) is 5.02 Å². The topological polar surface area (TPSA) is 116 Å². The predicted octanol–water partition coefficient (Wildman–Crippen LogP) is 7.95. The lowest BCUT2D eigenvalue weighted by Gasteiger charge is -2.50. The van der Waals surface area contributed by atoms with Gasteiger partial charge in [-0.25, -0.2) is 4.39 Å². The molecule has 2 saturated heterocycles. The number of rotatable bonds is 9. The van der Waals surface area contributed by atoms with Gasteiger partial charge in [-0.1, -0.05) is 102 Å². The molecule has 5 aromatic carbocycles. The van der Waals surface area contributed by atoms with Gasteiger partial charge in [-0.2, -0.15) is 5.01 Å². The fourth-order valence-corrected chi connectivity index (χ4v) is 9.71. The van der Waals surface area contributed by atoms with Crippen molar-refractivity contribution in [1.29, 1.82) is 0 Å². The van der Waals surface area contributed by atoms with Crippen LogP contribution < -0.4 is 10.2 Å². The lowest BCUT2D eigenvalue weighted by atomic mass is 9.49. The van der Waals surface area contributed by atoms with Crippen molar-refractivity contribution < 1.29 is 33.4 Å². The molecular weight excluding hydrogens is 745 g/mol. The normalized spacial score (nSPS) is 25.2. The number of halogens is 2. The number of anilines is 1. The number of benzene rings is 5. The number of phenols is 1. The second-order valence-corrected chi connectivity index (χ2v) is 15.6. The Morgan fingerprint density at radius 1 is 0.789 bits per heavy atom. The summed E-state index contributed by atoms with van der Waals surface area (Å²) in [5.41, 5.74) is 4.92. The number of hydrogen-bond acceptors (Lipinski definition) is 7. The largest absolute Gasteiger partial charge is 0.508 e. The minimum Gasteiger partial charge on any atom is -0.508 e. The van der Waals surface area contributed by atoms with E-state index in [4.69, 9.17) is 16.3 Å². The number of imide groups is 2. The highest BCUT2D eigenvalue weighted by molar-refractivity contribution is 6.30. The van der Waals surface area contributed by atoms with Gasteiger partial charge in [0.1, 0.15) is 23.9 Å². The SMILES string of the molecule is O=C1[C@H]2[C@H](CC=C3[C@H]2C[C@H]2C(=O)N(Nc4ccc(F)cc4)C(=O)[C@@]2(c2ccc(Cl)cc2)[C@H]3c2ccc(OCc3ccccc3)cc2O)C(=O)N1Cc1ccccc1. The molecule has 3 fully saturated rings. The van der Waals surface area contributed by atoms with E-state index in [0.717, 1.165) is 16.1 Å². The lowest BCUT2D eigenvalue weighted by Crippen LogP contribution is -2.53. The molecule has 6 atom stereocenters. The second-order valence-electron chi connectivity index (χ2n) is 15.1. The molecule has 1 saturated carbocycles. The summed E-state index contributed by atoms with van der Waals surface area (Å²) in [6.07, 6.45) is 2.26. The number of aromatic hydroxyl groups is 1. The molecule has 57 heavy (non-hydrogen) atoms. The Morgan fingerprint density at radius 2 is 1.47 bits per heavy atom. The smallest absolute Gasteiger partial charge is 0.260 e. The van der Waals surface area contributed by atoms with Crippen LogP contribution in [0.25, 0.3) is 0 Å². The molecule has 2 N–H and O–H groups in total. The minimum absolute atomic E-state index is 0.0789. The molecule has 286 valence electrons. The van der Waals surface area contributed by atoms with Crippen molar-refractivity contribution in [2.75, 3.05) is 5.43 Å². The molecule has 2 aliphatic heterocycles. The van der Waals surface area contributed by atoms with Gasteiger partial charge in [0, 0.05) is 22.6 Å². The van der Waals surface area contributed by atoms with Crippen molar-refractivity contribution in [1.82, 2.24) is 9.91 Å². The molecule has 4 amide bonds. The third-order valence-electron chi connectivity index (χ3n) is 12.1. The first-order valence-electron chi connectivity index (χ1n) is 18.9. The first-order chi connectivity index (χ1) is 27.6. The van der Waals surface area contributed by atoms with Gasteiger partial charge in [-0.15, -0.1) is 0 Å². The molecule has 2 aliphatic carbocycles. The van der Waals surface area contributed by atoms with E-state index >= 15 is 4.79 Å². The van der Waals surface area contributed by atoms with Crippen LogP contribution in [-0.2, 0) is 37.7 Å². The standard InChI is InChI=1S/C46H37ClFN3O6/c47-30-13-11-29(12-14-30)46-38(43(54)51(45(46)56)49-32-17-15-31(48)16-18-32)24-37-34(21-22-36-40(37)44(55)50(42(36)53)25-27-7-3-1-4-8-27)41(46)35-20-19-33(23-39(35)52)57-26-28-9-5-2-6-10-28/h1-21,23,36-38,40-41,49,52H,22,24-26H2/t36-,37+,38-,40-,41+,46+/m0/s1. The Hall–Kier alpha value is -6.26. The van der Waals surface area contributed by atoms with Crippen molar-refractivity contribution in [3.63, 3.8) is 0 Å². The maximum atomic E-state index is 15.4. The predicted molar refractivity (Wildman–Crippen MR) is 210 cm³/mol. The molecule has 5 aromatic rings. The number of likely N-dealkylation sites (tertiary alicyclic amines) is 1. The molecule has 0 bridgehead atoms. The summed E-state index contributed by atoms with van der Waals surface area (Å²) >= 11 is 6.40. The van der Waals surface area contributed by atoms with Crippen molar-refractivity contribution in [3.05, 3.63) is 172 Å². The van der Waals surface area contributed by atoms with E-state index in [0.29, 0.717) is 33.2 Å². The van der Waals surface area contributed by atoms with Crippen LogP contribution >= 0.6 is 11.6 Å². The van der Waals surface area contributed by atoms with Crippen molar-refractivity contribution in [2.45, 2.75) is 37.3 Å². The molecule has 0 unspecified atom stereocenters. The molecule has 0 aromatic heterocycles. The summed E-state index contributed by atoms with van der Waals surface area (Å²) < 4.78 is 20.0. The zero-order valence-electron chi connectivity index (χ0n) is 30.6. The van der Waals surface area contributed by atoms with E-state index in [9.17, 15) is 23.9 Å². The summed E-state index contributed by atoms with van der Waals surface area (Å²) in [5.74, 6) is -6.06. The Labute approximate surface area is 333 Å². The highest BCUT2D eigenvalue weighted by Crippen LogP contribution is 2.65. The second kappa shape index (κ2) is 14.4. The Balaban J connectivity index is 1.19. The quantitative estimate of drug-likeness (QED) is 0.115. The number of carbonyl (C=O) groups is 4. The first kappa shape index (κ1) is 36.4. The van der Waals surface area contributed by atoms with E-state index < -0.39 is 52.6 Å². The number of hydrogen-bond donors (Lipinski definition) is 2. The van der Waals surface area contributed by atoms with Crippen LogP contribution in [0, 0.1) is 29.5 Å². The number of hydrazine groups is 1. The fourth-order valence-electron chi connectivity index (χ4n) is 9.59. The van der Waals surface area contributed by atoms with Gasteiger partial charge in [-0.05, 0) is 77.9 Å².